The minimum absolute atomic E-state index is 0.191. The van der Waals surface area contributed by atoms with E-state index in [1.54, 1.807) is 30.1 Å². The molecule has 0 aliphatic carbocycles. The molecule has 0 saturated carbocycles. The maximum atomic E-state index is 6.49. The van der Waals surface area contributed by atoms with Gasteiger partial charge in [-0.2, -0.15) is 0 Å². The van der Waals surface area contributed by atoms with E-state index in [1.807, 2.05) is 30.3 Å². The molecule has 0 bridgehead atoms. The summed E-state index contributed by atoms with van der Waals surface area (Å²) in [6, 6.07) is 25.7. The second-order valence-electron chi connectivity index (χ2n) is 8.80. The summed E-state index contributed by atoms with van der Waals surface area (Å²) in [5.41, 5.74) is 4.25. The molecule has 0 amide bonds. The first-order chi connectivity index (χ1) is 18.1. The molecular weight excluding hydrogens is 507 g/mol. The summed E-state index contributed by atoms with van der Waals surface area (Å²) in [7, 11) is 1.66. The first-order valence-electron chi connectivity index (χ1n) is 11.6. The van der Waals surface area contributed by atoms with E-state index in [0.717, 1.165) is 39.0 Å². The van der Waals surface area contributed by atoms with Gasteiger partial charge in [0.05, 0.1) is 17.7 Å². The number of hydrogen-bond donors (Lipinski definition) is 0. The highest BCUT2D eigenvalue weighted by atomic mass is 35.5. The highest BCUT2D eigenvalue weighted by Gasteiger charge is 2.34. The van der Waals surface area contributed by atoms with Crippen molar-refractivity contribution >= 4 is 39.6 Å². The van der Waals surface area contributed by atoms with E-state index in [4.69, 9.17) is 37.7 Å². The van der Waals surface area contributed by atoms with Crippen molar-refractivity contribution in [2.75, 3.05) is 7.11 Å². The first-order valence-corrected chi connectivity index (χ1v) is 12.4. The number of methoxy groups -OCH3 is 1. The Morgan fingerprint density at radius 2 is 1.78 bits per heavy atom. The van der Waals surface area contributed by atoms with Crippen LogP contribution in [0, 0.1) is 0 Å². The fraction of sp³-hybridized carbons (Fsp3) is 0.0690. The van der Waals surface area contributed by atoms with E-state index in [9.17, 15) is 0 Å². The fourth-order valence-corrected chi connectivity index (χ4v) is 5.47. The predicted molar refractivity (Wildman–Crippen MR) is 144 cm³/mol. The Kier molecular flexibility index (Phi) is 5.06. The van der Waals surface area contributed by atoms with Gasteiger partial charge in [0.1, 0.15) is 17.8 Å². The first kappa shape index (κ1) is 22.1. The summed E-state index contributed by atoms with van der Waals surface area (Å²) < 4.78 is 13.6. The van der Waals surface area contributed by atoms with Crippen molar-refractivity contribution in [1.29, 1.82) is 0 Å². The SMILES string of the molecule is COc1ccc([C@H]2c3ccc4ccccc4c3Oc3ncn4nc(-c5ccc(Cl)cc5Cl)nc4c32)cc1. The van der Waals surface area contributed by atoms with Crippen molar-refractivity contribution in [3.8, 4) is 28.8 Å². The van der Waals surface area contributed by atoms with Crippen LogP contribution in [0.2, 0.25) is 10.0 Å². The zero-order chi connectivity index (χ0) is 25.1. The number of rotatable bonds is 3. The van der Waals surface area contributed by atoms with Crippen LogP contribution in [0.25, 0.3) is 27.8 Å². The van der Waals surface area contributed by atoms with Crippen LogP contribution in [0.15, 0.2) is 85.2 Å². The number of aromatic nitrogens is 4. The van der Waals surface area contributed by atoms with Crippen LogP contribution >= 0.6 is 23.2 Å². The molecule has 3 heterocycles. The lowest BCUT2D eigenvalue weighted by atomic mass is 9.83. The minimum atomic E-state index is -0.191. The van der Waals surface area contributed by atoms with Gasteiger partial charge in [-0.3, -0.25) is 0 Å². The Balaban J connectivity index is 1.49. The second kappa shape index (κ2) is 8.47. The van der Waals surface area contributed by atoms with Crippen LogP contribution < -0.4 is 9.47 Å². The molecule has 37 heavy (non-hydrogen) atoms. The molecular formula is C29H18Cl2N4O2. The van der Waals surface area contributed by atoms with Crippen LogP contribution in [0.1, 0.15) is 22.6 Å². The van der Waals surface area contributed by atoms with Crippen LogP contribution in [0.5, 0.6) is 17.4 Å². The average Bonchev–Trinajstić information content (AvgIpc) is 3.36. The summed E-state index contributed by atoms with van der Waals surface area (Å²) in [5.74, 6) is 2.37. The minimum Gasteiger partial charge on any atom is -0.497 e. The van der Waals surface area contributed by atoms with E-state index in [-0.39, 0.29) is 5.92 Å². The highest BCUT2D eigenvalue weighted by Crippen LogP contribution is 2.50. The van der Waals surface area contributed by atoms with E-state index in [0.29, 0.717) is 33.0 Å². The Morgan fingerprint density at radius 1 is 0.946 bits per heavy atom. The quantitative estimate of drug-likeness (QED) is 0.239. The molecule has 1 aliphatic heterocycles. The fourth-order valence-electron chi connectivity index (χ4n) is 4.97. The number of fused-ring (bicyclic) bond motifs is 6. The predicted octanol–water partition coefficient (Wildman–Crippen LogP) is 7.55. The summed E-state index contributed by atoms with van der Waals surface area (Å²) in [6.07, 6.45) is 1.62. The smallest absolute Gasteiger partial charge is 0.228 e. The summed E-state index contributed by atoms with van der Waals surface area (Å²) in [5, 5.41) is 7.84. The normalized spacial score (nSPS) is 14.3. The van der Waals surface area contributed by atoms with Gasteiger partial charge in [-0.05, 0) is 41.3 Å². The summed E-state index contributed by atoms with van der Waals surface area (Å²) in [6.45, 7) is 0. The van der Waals surface area contributed by atoms with Crippen LogP contribution in [0.3, 0.4) is 0 Å². The lowest BCUT2D eigenvalue weighted by Gasteiger charge is -2.28. The summed E-state index contributed by atoms with van der Waals surface area (Å²) >= 11 is 12.6. The molecule has 1 atom stereocenters. The number of ether oxygens (including phenoxy) is 2. The average molecular weight is 525 g/mol. The molecule has 7 rings (SSSR count). The van der Waals surface area contributed by atoms with E-state index in [1.165, 1.54) is 0 Å². The third kappa shape index (κ3) is 3.52. The van der Waals surface area contributed by atoms with E-state index < -0.39 is 0 Å². The molecule has 0 unspecified atom stereocenters. The number of halogens is 2. The molecule has 2 aromatic heterocycles. The van der Waals surface area contributed by atoms with Crippen molar-refractivity contribution in [3.63, 3.8) is 0 Å². The Morgan fingerprint density at radius 3 is 2.59 bits per heavy atom. The topological polar surface area (TPSA) is 61.5 Å². The van der Waals surface area contributed by atoms with Gasteiger partial charge in [-0.15, -0.1) is 5.10 Å². The van der Waals surface area contributed by atoms with Crippen molar-refractivity contribution in [2.24, 2.45) is 0 Å². The maximum absolute atomic E-state index is 6.49. The third-order valence-electron chi connectivity index (χ3n) is 6.72. The zero-order valence-corrected chi connectivity index (χ0v) is 21.0. The standard InChI is InChI=1S/C29H18Cl2N4O2/c1-36-19-10-6-17(7-11-19)24-22-12-8-16-4-2-3-5-20(16)26(22)37-29-25(24)28-33-27(34-35(28)15-32-29)21-13-9-18(30)14-23(21)31/h2-15,24H,1H3/t24-/m0/s1. The summed E-state index contributed by atoms with van der Waals surface area (Å²) in [4.78, 5) is 9.58. The van der Waals surface area contributed by atoms with Gasteiger partial charge in [0.15, 0.2) is 11.5 Å². The molecule has 0 fully saturated rings. The molecule has 8 heteroatoms. The molecule has 4 aromatic carbocycles. The Bertz CT molecular complexity index is 1830. The molecule has 6 aromatic rings. The zero-order valence-electron chi connectivity index (χ0n) is 19.5. The van der Waals surface area contributed by atoms with Crippen molar-refractivity contribution in [2.45, 2.75) is 5.92 Å². The van der Waals surface area contributed by atoms with Crippen molar-refractivity contribution < 1.29 is 9.47 Å². The second-order valence-corrected chi connectivity index (χ2v) is 9.65. The van der Waals surface area contributed by atoms with Crippen LogP contribution in [0.4, 0.5) is 0 Å². The molecule has 0 saturated heterocycles. The monoisotopic (exact) mass is 524 g/mol. The van der Waals surface area contributed by atoms with E-state index in [2.05, 4.69) is 46.5 Å². The molecule has 0 radical (unpaired) electrons. The highest BCUT2D eigenvalue weighted by molar-refractivity contribution is 6.36. The molecule has 0 spiro atoms. The van der Waals surface area contributed by atoms with Gasteiger partial charge < -0.3 is 9.47 Å². The molecule has 6 nitrogen and oxygen atoms in total. The van der Waals surface area contributed by atoms with E-state index >= 15 is 0 Å². The maximum Gasteiger partial charge on any atom is 0.228 e. The largest absolute Gasteiger partial charge is 0.497 e. The van der Waals surface area contributed by atoms with Gasteiger partial charge in [-0.1, -0.05) is 71.7 Å². The van der Waals surface area contributed by atoms with Gasteiger partial charge in [0.2, 0.25) is 5.88 Å². The lowest BCUT2D eigenvalue weighted by molar-refractivity contribution is 0.414. The van der Waals surface area contributed by atoms with Crippen LogP contribution in [-0.4, -0.2) is 26.7 Å². The van der Waals surface area contributed by atoms with Crippen molar-refractivity contribution in [3.05, 3.63) is 112 Å². The van der Waals surface area contributed by atoms with Gasteiger partial charge in [0.25, 0.3) is 0 Å². The van der Waals surface area contributed by atoms with Crippen molar-refractivity contribution in [1.82, 2.24) is 19.6 Å². The molecule has 0 N–H and O–H groups in total. The molecule has 180 valence electrons. The third-order valence-corrected chi connectivity index (χ3v) is 7.26. The number of hydrogen-bond acceptors (Lipinski definition) is 5. The number of benzene rings is 4. The van der Waals surface area contributed by atoms with Gasteiger partial charge >= 0.3 is 0 Å². The van der Waals surface area contributed by atoms with Gasteiger partial charge in [-0.25, -0.2) is 14.5 Å². The Labute approximate surface area is 222 Å². The molecule has 1 aliphatic rings. The number of nitrogens with zero attached hydrogens (tertiary/aromatic N) is 4. The lowest BCUT2D eigenvalue weighted by Crippen LogP contribution is -2.15. The van der Waals surface area contributed by atoms with Crippen LogP contribution in [-0.2, 0) is 0 Å². The van der Waals surface area contributed by atoms with Gasteiger partial charge in [0, 0.05) is 27.5 Å². The Hall–Kier alpha value is -4.13.